The highest BCUT2D eigenvalue weighted by Gasteiger charge is 2.34. The highest BCUT2D eigenvalue weighted by Crippen LogP contribution is 2.38. The van der Waals surface area contributed by atoms with Crippen LogP contribution in [0.3, 0.4) is 0 Å². The second-order valence-electron chi connectivity index (χ2n) is 6.22. The van der Waals surface area contributed by atoms with Crippen LogP contribution < -0.4 is 0 Å². The molecule has 0 N–H and O–H groups in total. The van der Waals surface area contributed by atoms with E-state index in [-0.39, 0.29) is 16.0 Å². The second kappa shape index (κ2) is 5.62. The average Bonchev–Trinajstić information content (AvgIpc) is 2.38. The van der Waals surface area contributed by atoms with Crippen LogP contribution in [0.2, 0.25) is 5.02 Å². The van der Waals surface area contributed by atoms with E-state index in [0.717, 1.165) is 25.7 Å². The van der Waals surface area contributed by atoms with Crippen LogP contribution in [0.4, 0.5) is 0 Å². The molecule has 0 bridgehead atoms. The summed E-state index contributed by atoms with van der Waals surface area (Å²) in [6.45, 7) is 4.46. The maximum absolute atomic E-state index is 12.6. The minimum Gasteiger partial charge on any atom is -0.263 e. The molecular formula is C14H21ClN2O2S. The van der Waals surface area contributed by atoms with Crippen LogP contribution in [0, 0.1) is 5.41 Å². The quantitative estimate of drug-likeness (QED) is 0.859. The molecule has 1 fully saturated rings. The number of halogens is 1. The van der Waals surface area contributed by atoms with Crippen molar-refractivity contribution in [2.45, 2.75) is 50.5 Å². The molecule has 1 aromatic heterocycles. The zero-order chi connectivity index (χ0) is 15.0. The van der Waals surface area contributed by atoms with E-state index in [1.807, 2.05) is 0 Å². The van der Waals surface area contributed by atoms with E-state index in [2.05, 4.69) is 18.8 Å². The van der Waals surface area contributed by atoms with Gasteiger partial charge in [0.05, 0.1) is 5.02 Å². The van der Waals surface area contributed by atoms with Crippen molar-refractivity contribution < 1.29 is 8.42 Å². The molecule has 0 aromatic carbocycles. The third-order valence-corrected chi connectivity index (χ3v) is 6.59. The van der Waals surface area contributed by atoms with Crippen LogP contribution >= 0.6 is 11.6 Å². The smallest absolute Gasteiger partial charge is 0.246 e. The van der Waals surface area contributed by atoms with Crippen LogP contribution in [0.5, 0.6) is 0 Å². The molecule has 1 aliphatic carbocycles. The number of pyridine rings is 1. The van der Waals surface area contributed by atoms with E-state index in [0.29, 0.717) is 5.41 Å². The summed E-state index contributed by atoms with van der Waals surface area (Å²) in [7, 11) is -1.93. The molecule has 0 atom stereocenters. The molecule has 1 aromatic rings. The van der Waals surface area contributed by atoms with Crippen molar-refractivity contribution in [1.29, 1.82) is 0 Å². The highest BCUT2D eigenvalue weighted by atomic mass is 35.5. The largest absolute Gasteiger partial charge is 0.263 e. The molecule has 0 spiro atoms. The molecule has 2 rings (SSSR count). The first-order chi connectivity index (χ1) is 9.24. The molecule has 20 heavy (non-hydrogen) atoms. The third kappa shape index (κ3) is 3.15. The Kier molecular flexibility index (Phi) is 4.42. The molecule has 0 saturated heterocycles. The Balaban J connectivity index is 2.21. The van der Waals surface area contributed by atoms with Crippen molar-refractivity contribution in [3.8, 4) is 0 Å². The van der Waals surface area contributed by atoms with E-state index in [1.54, 1.807) is 7.05 Å². The van der Waals surface area contributed by atoms with Gasteiger partial charge in [-0.25, -0.2) is 8.42 Å². The van der Waals surface area contributed by atoms with Crippen molar-refractivity contribution in [2.24, 2.45) is 5.41 Å². The van der Waals surface area contributed by atoms with Crippen LogP contribution in [-0.4, -0.2) is 30.8 Å². The maximum Gasteiger partial charge on any atom is 0.246 e. The lowest BCUT2D eigenvalue weighted by Crippen LogP contribution is -2.40. The Morgan fingerprint density at radius 1 is 1.35 bits per heavy atom. The summed E-state index contributed by atoms with van der Waals surface area (Å²) in [4.78, 5) is 3.96. The van der Waals surface area contributed by atoms with Crippen LogP contribution in [-0.2, 0) is 10.0 Å². The maximum atomic E-state index is 12.6. The van der Waals surface area contributed by atoms with Gasteiger partial charge in [-0.1, -0.05) is 25.4 Å². The lowest BCUT2D eigenvalue weighted by Gasteiger charge is -2.38. The lowest BCUT2D eigenvalue weighted by molar-refractivity contribution is 0.174. The van der Waals surface area contributed by atoms with Gasteiger partial charge >= 0.3 is 0 Å². The first kappa shape index (κ1) is 15.7. The van der Waals surface area contributed by atoms with Gasteiger partial charge in [-0.05, 0) is 37.2 Å². The van der Waals surface area contributed by atoms with Crippen molar-refractivity contribution in [2.75, 3.05) is 7.05 Å². The molecule has 1 saturated carbocycles. The predicted molar refractivity (Wildman–Crippen MR) is 80.2 cm³/mol. The third-order valence-electron chi connectivity index (χ3n) is 4.21. The molecule has 1 aliphatic rings. The number of aromatic nitrogens is 1. The fourth-order valence-electron chi connectivity index (χ4n) is 2.65. The number of hydrogen-bond donors (Lipinski definition) is 0. The van der Waals surface area contributed by atoms with E-state index in [9.17, 15) is 8.42 Å². The Morgan fingerprint density at radius 3 is 2.50 bits per heavy atom. The zero-order valence-electron chi connectivity index (χ0n) is 12.1. The van der Waals surface area contributed by atoms with E-state index in [4.69, 9.17) is 11.6 Å². The van der Waals surface area contributed by atoms with Gasteiger partial charge in [-0.2, -0.15) is 4.31 Å². The monoisotopic (exact) mass is 316 g/mol. The molecule has 0 amide bonds. The second-order valence-corrected chi connectivity index (χ2v) is 8.60. The molecule has 0 unspecified atom stereocenters. The Morgan fingerprint density at radius 2 is 1.95 bits per heavy atom. The van der Waals surface area contributed by atoms with Crippen molar-refractivity contribution >= 4 is 21.6 Å². The van der Waals surface area contributed by atoms with Crippen LogP contribution in [0.25, 0.3) is 0 Å². The van der Waals surface area contributed by atoms with Crippen molar-refractivity contribution in [1.82, 2.24) is 9.29 Å². The Labute approximate surface area is 126 Å². The minimum atomic E-state index is -3.57. The summed E-state index contributed by atoms with van der Waals surface area (Å²) in [5.41, 5.74) is 0.313. The van der Waals surface area contributed by atoms with Crippen LogP contribution in [0.1, 0.15) is 39.5 Å². The average molecular weight is 317 g/mol. The van der Waals surface area contributed by atoms with Gasteiger partial charge in [-0.3, -0.25) is 4.98 Å². The molecule has 4 nitrogen and oxygen atoms in total. The Bertz CT molecular complexity index is 577. The lowest BCUT2D eigenvalue weighted by atomic mass is 9.76. The standard InChI is InChI=1S/C14H21ClN2O2S/c1-14(2)7-4-11(5-8-14)17(3)20(18,19)13-10-16-9-6-12(13)15/h6,9-11H,4-5,7-8H2,1-3H3. The summed E-state index contributed by atoms with van der Waals surface area (Å²) < 4.78 is 26.7. The fourth-order valence-corrected chi connectivity index (χ4v) is 4.47. The summed E-state index contributed by atoms with van der Waals surface area (Å²) in [6, 6.07) is 1.55. The SMILES string of the molecule is CN(C1CCC(C)(C)CC1)S(=O)(=O)c1cnccc1Cl. The van der Waals surface area contributed by atoms with Gasteiger partial charge in [0.2, 0.25) is 10.0 Å². The summed E-state index contributed by atoms with van der Waals surface area (Å²) in [6.07, 6.45) is 6.67. The molecular weight excluding hydrogens is 296 g/mol. The van der Waals surface area contributed by atoms with Crippen molar-refractivity contribution in [3.05, 3.63) is 23.5 Å². The molecule has 0 aliphatic heterocycles. The molecule has 6 heteroatoms. The summed E-state index contributed by atoms with van der Waals surface area (Å²) >= 11 is 5.99. The zero-order valence-corrected chi connectivity index (χ0v) is 13.7. The van der Waals surface area contributed by atoms with Gasteiger partial charge in [0.15, 0.2) is 0 Å². The van der Waals surface area contributed by atoms with Gasteiger partial charge in [0.1, 0.15) is 4.90 Å². The van der Waals surface area contributed by atoms with E-state index in [1.165, 1.54) is 22.8 Å². The molecule has 1 heterocycles. The predicted octanol–water partition coefficient (Wildman–Crippen LogP) is 3.32. The fraction of sp³-hybridized carbons (Fsp3) is 0.643. The number of hydrogen-bond acceptors (Lipinski definition) is 3. The highest BCUT2D eigenvalue weighted by molar-refractivity contribution is 7.89. The first-order valence-corrected chi connectivity index (χ1v) is 8.63. The van der Waals surface area contributed by atoms with Crippen molar-refractivity contribution in [3.63, 3.8) is 0 Å². The van der Waals surface area contributed by atoms with Gasteiger partial charge in [-0.15, -0.1) is 0 Å². The normalized spacial score (nSPS) is 20.2. The number of nitrogens with zero attached hydrogens (tertiary/aromatic N) is 2. The Hall–Kier alpha value is -0.650. The molecule has 112 valence electrons. The van der Waals surface area contributed by atoms with Gasteiger partial charge in [0.25, 0.3) is 0 Å². The first-order valence-electron chi connectivity index (χ1n) is 6.82. The van der Waals surface area contributed by atoms with E-state index >= 15 is 0 Å². The topological polar surface area (TPSA) is 50.3 Å². The number of sulfonamides is 1. The summed E-state index contributed by atoms with van der Waals surface area (Å²) in [5, 5.41) is 0.225. The summed E-state index contributed by atoms with van der Waals surface area (Å²) in [5.74, 6) is 0. The molecule has 0 radical (unpaired) electrons. The number of rotatable bonds is 3. The van der Waals surface area contributed by atoms with Crippen LogP contribution in [0.15, 0.2) is 23.4 Å². The van der Waals surface area contributed by atoms with E-state index < -0.39 is 10.0 Å². The van der Waals surface area contributed by atoms with Gasteiger partial charge < -0.3 is 0 Å². The minimum absolute atomic E-state index is 0.0456. The van der Waals surface area contributed by atoms with Gasteiger partial charge in [0, 0.05) is 25.5 Å².